The Hall–Kier alpha value is -2.83. The molecule has 19 heavy (non-hydrogen) atoms. The lowest BCUT2D eigenvalue weighted by molar-refractivity contribution is -0.387. The van der Waals surface area contributed by atoms with Crippen molar-refractivity contribution >= 4 is 17.1 Å². The fraction of sp³-hybridized carbons (Fsp3) is 0. The van der Waals surface area contributed by atoms with Gasteiger partial charge < -0.3 is 5.11 Å². The van der Waals surface area contributed by atoms with E-state index in [0.29, 0.717) is 5.69 Å². The molecule has 0 aliphatic carbocycles. The largest absolute Gasteiger partial charge is 0.508 e. The molecule has 2 rings (SSSR count). The number of hydrogen-bond acceptors (Lipinski definition) is 5. The van der Waals surface area contributed by atoms with Gasteiger partial charge in [-0.2, -0.15) is 14.6 Å². The highest BCUT2D eigenvalue weighted by molar-refractivity contribution is 5.46. The summed E-state index contributed by atoms with van der Waals surface area (Å²) in [5.41, 5.74) is 0.0244. The molecular weight excluding hydrogens is 253 g/mol. The van der Waals surface area contributed by atoms with E-state index >= 15 is 0 Å². The second-order valence-electron chi connectivity index (χ2n) is 3.61. The van der Waals surface area contributed by atoms with Gasteiger partial charge in [-0.05, 0) is 30.3 Å². The number of nitro groups is 1. The van der Waals surface area contributed by atoms with Crippen molar-refractivity contribution in [3.8, 4) is 5.75 Å². The first kappa shape index (κ1) is 12.6. The highest BCUT2D eigenvalue weighted by atomic mass is 19.1. The molecule has 0 amide bonds. The number of rotatable bonds is 3. The zero-order chi connectivity index (χ0) is 13.8. The molecule has 2 aromatic carbocycles. The maximum atomic E-state index is 13.3. The first-order chi connectivity index (χ1) is 9.06. The molecule has 0 unspecified atom stereocenters. The van der Waals surface area contributed by atoms with E-state index in [1.165, 1.54) is 30.3 Å². The molecule has 0 fully saturated rings. The van der Waals surface area contributed by atoms with E-state index in [2.05, 4.69) is 10.2 Å². The highest BCUT2D eigenvalue weighted by Gasteiger charge is 2.13. The Morgan fingerprint density at radius 1 is 1.05 bits per heavy atom. The van der Waals surface area contributed by atoms with Crippen LogP contribution in [0.1, 0.15) is 0 Å². The number of azo groups is 1. The van der Waals surface area contributed by atoms with E-state index in [-0.39, 0.29) is 11.4 Å². The summed E-state index contributed by atoms with van der Waals surface area (Å²) in [5, 5.41) is 27.1. The number of nitrogens with zero attached hydrogens (tertiary/aromatic N) is 3. The normalized spacial score (nSPS) is 10.8. The van der Waals surface area contributed by atoms with Crippen molar-refractivity contribution in [2.75, 3.05) is 0 Å². The quantitative estimate of drug-likeness (QED) is 0.517. The smallest absolute Gasteiger partial charge is 0.304 e. The Balaban J connectivity index is 2.22. The highest BCUT2D eigenvalue weighted by Crippen LogP contribution is 2.25. The summed E-state index contributed by atoms with van der Waals surface area (Å²) in [6.07, 6.45) is 0. The molecule has 0 saturated heterocycles. The fourth-order valence-electron chi connectivity index (χ4n) is 1.34. The van der Waals surface area contributed by atoms with E-state index in [1.807, 2.05) is 0 Å². The zero-order valence-electron chi connectivity index (χ0n) is 9.52. The minimum atomic E-state index is -0.966. The van der Waals surface area contributed by atoms with E-state index in [4.69, 9.17) is 5.11 Å². The summed E-state index contributed by atoms with van der Waals surface area (Å²) in [6.45, 7) is 0. The van der Waals surface area contributed by atoms with Crippen LogP contribution in [0.2, 0.25) is 0 Å². The van der Waals surface area contributed by atoms with Crippen LogP contribution in [0.15, 0.2) is 52.7 Å². The van der Waals surface area contributed by atoms with E-state index < -0.39 is 16.4 Å². The molecule has 0 spiro atoms. The molecule has 0 bridgehead atoms. The van der Waals surface area contributed by atoms with Crippen LogP contribution in [0.25, 0.3) is 0 Å². The predicted molar refractivity (Wildman–Crippen MR) is 65.3 cm³/mol. The summed E-state index contributed by atoms with van der Waals surface area (Å²) in [4.78, 5) is 9.62. The monoisotopic (exact) mass is 261 g/mol. The molecule has 0 aromatic heterocycles. The summed E-state index contributed by atoms with van der Waals surface area (Å²) < 4.78 is 13.3. The predicted octanol–water partition coefficient (Wildman–Crippen LogP) is 3.85. The van der Waals surface area contributed by atoms with Crippen molar-refractivity contribution in [3.05, 3.63) is 58.4 Å². The van der Waals surface area contributed by atoms with Crippen LogP contribution in [0.3, 0.4) is 0 Å². The molecule has 0 radical (unpaired) electrons. The summed E-state index contributed by atoms with van der Waals surface area (Å²) in [6, 6.07) is 9.18. The third-order valence-electron chi connectivity index (χ3n) is 2.26. The Bertz CT molecular complexity index is 641. The number of aromatic hydroxyl groups is 1. The van der Waals surface area contributed by atoms with Crippen molar-refractivity contribution in [1.82, 2.24) is 0 Å². The molecule has 1 N–H and O–H groups in total. The van der Waals surface area contributed by atoms with Gasteiger partial charge in [-0.15, -0.1) is 0 Å². The van der Waals surface area contributed by atoms with Gasteiger partial charge in [0.05, 0.1) is 16.3 Å². The molecule has 0 aliphatic heterocycles. The van der Waals surface area contributed by atoms with Gasteiger partial charge in [-0.3, -0.25) is 10.1 Å². The van der Waals surface area contributed by atoms with Gasteiger partial charge in [0, 0.05) is 12.1 Å². The van der Waals surface area contributed by atoms with E-state index in [9.17, 15) is 14.5 Å². The maximum Gasteiger partial charge on any atom is 0.304 e. The van der Waals surface area contributed by atoms with Crippen LogP contribution in [0.5, 0.6) is 5.75 Å². The molecule has 0 aliphatic rings. The topological polar surface area (TPSA) is 88.1 Å². The van der Waals surface area contributed by atoms with Crippen molar-refractivity contribution in [2.45, 2.75) is 0 Å². The van der Waals surface area contributed by atoms with Crippen molar-refractivity contribution in [3.63, 3.8) is 0 Å². The molecular formula is C12H8FN3O3. The third-order valence-corrected chi connectivity index (χ3v) is 2.26. The summed E-state index contributed by atoms with van der Waals surface area (Å²) in [5.74, 6) is -0.868. The minimum absolute atomic E-state index is 0.0975. The number of halogens is 1. The van der Waals surface area contributed by atoms with Gasteiger partial charge in [0.25, 0.3) is 0 Å². The van der Waals surface area contributed by atoms with Gasteiger partial charge in [0.1, 0.15) is 5.75 Å². The van der Waals surface area contributed by atoms with Crippen molar-refractivity contribution in [1.29, 1.82) is 0 Å². The first-order valence-corrected chi connectivity index (χ1v) is 5.21. The summed E-state index contributed by atoms with van der Waals surface area (Å²) in [7, 11) is 0. The Labute approximate surface area is 107 Å². The lowest BCUT2D eigenvalue weighted by Gasteiger charge is -1.96. The van der Waals surface area contributed by atoms with Gasteiger partial charge >= 0.3 is 5.69 Å². The molecule has 7 heteroatoms. The lowest BCUT2D eigenvalue weighted by Crippen LogP contribution is -1.90. The minimum Gasteiger partial charge on any atom is -0.508 e. The Morgan fingerprint density at radius 2 is 1.63 bits per heavy atom. The molecule has 0 saturated carbocycles. The molecule has 0 heterocycles. The molecule has 6 nitrogen and oxygen atoms in total. The zero-order valence-corrected chi connectivity index (χ0v) is 9.52. The molecule has 2 aromatic rings. The van der Waals surface area contributed by atoms with Crippen LogP contribution < -0.4 is 0 Å². The number of hydrogen-bond donors (Lipinski definition) is 1. The Morgan fingerprint density at radius 3 is 2.21 bits per heavy atom. The van der Waals surface area contributed by atoms with Crippen LogP contribution in [-0.4, -0.2) is 10.0 Å². The van der Waals surface area contributed by atoms with Gasteiger partial charge in [0.2, 0.25) is 5.82 Å². The summed E-state index contributed by atoms with van der Waals surface area (Å²) >= 11 is 0. The fourth-order valence-corrected chi connectivity index (χ4v) is 1.34. The number of phenols is 1. The molecule has 96 valence electrons. The van der Waals surface area contributed by atoms with Crippen molar-refractivity contribution < 1.29 is 14.4 Å². The standard InChI is InChI=1S/C12H8FN3O3/c13-11-7-9(3-6-12(11)16(18)19)15-14-8-1-4-10(17)5-2-8/h1-7,17H. The van der Waals surface area contributed by atoms with E-state index in [1.54, 1.807) is 0 Å². The Kier molecular flexibility index (Phi) is 3.46. The number of benzene rings is 2. The van der Waals surface area contributed by atoms with Gasteiger partial charge in [-0.1, -0.05) is 0 Å². The van der Waals surface area contributed by atoms with Crippen LogP contribution in [0, 0.1) is 15.9 Å². The SMILES string of the molecule is O=[N+]([O-])c1ccc(N=Nc2ccc(O)cc2)cc1F. The second-order valence-corrected chi connectivity index (χ2v) is 3.61. The van der Waals surface area contributed by atoms with Crippen molar-refractivity contribution in [2.24, 2.45) is 10.2 Å². The number of phenolic OH excluding ortho intramolecular Hbond substituents is 1. The van der Waals surface area contributed by atoms with Gasteiger partial charge in [-0.25, -0.2) is 0 Å². The number of nitro benzene ring substituents is 1. The average molecular weight is 261 g/mol. The molecule has 0 atom stereocenters. The first-order valence-electron chi connectivity index (χ1n) is 5.21. The van der Waals surface area contributed by atoms with Crippen LogP contribution >= 0.6 is 0 Å². The maximum absolute atomic E-state index is 13.3. The van der Waals surface area contributed by atoms with Crippen LogP contribution in [-0.2, 0) is 0 Å². The lowest BCUT2D eigenvalue weighted by atomic mass is 10.3. The third kappa shape index (κ3) is 3.09. The average Bonchev–Trinajstić information content (AvgIpc) is 2.37. The van der Waals surface area contributed by atoms with E-state index in [0.717, 1.165) is 12.1 Å². The second kappa shape index (κ2) is 5.21. The van der Waals surface area contributed by atoms with Gasteiger partial charge in [0.15, 0.2) is 0 Å². The van der Waals surface area contributed by atoms with Crippen LogP contribution in [0.4, 0.5) is 21.5 Å².